The zero-order valence-electron chi connectivity index (χ0n) is 7.98. The Labute approximate surface area is 76.4 Å². The van der Waals surface area contributed by atoms with Crippen LogP contribution >= 0.6 is 0 Å². The number of rotatable bonds is 3. The molecule has 0 saturated carbocycles. The maximum atomic E-state index is 10.5. The van der Waals surface area contributed by atoms with Crippen LogP contribution in [0, 0.1) is 6.92 Å². The highest BCUT2D eigenvalue weighted by molar-refractivity contribution is 5.67. The van der Waals surface area contributed by atoms with E-state index in [2.05, 4.69) is 10.3 Å². The Hall–Kier alpha value is -1.39. The van der Waals surface area contributed by atoms with Crippen LogP contribution < -0.4 is 0 Å². The molecule has 1 N–H and O–H groups in total. The SMILES string of the molecule is Cc1cn(C(C)(C)CC(=O)O)nn1. The van der Waals surface area contributed by atoms with Gasteiger partial charge in [0.1, 0.15) is 0 Å². The van der Waals surface area contributed by atoms with Crippen molar-refractivity contribution in [2.45, 2.75) is 32.7 Å². The van der Waals surface area contributed by atoms with Gasteiger partial charge in [-0.1, -0.05) is 5.21 Å². The summed E-state index contributed by atoms with van der Waals surface area (Å²) in [7, 11) is 0. The summed E-state index contributed by atoms with van der Waals surface area (Å²) in [6.07, 6.45) is 1.78. The van der Waals surface area contributed by atoms with Gasteiger partial charge >= 0.3 is 5.97 Å². The van der Waals surface area contributed by atoms with Crippen molar-refractivity contribution >= 4 is 5.97 Å². The molecule has 0 amide bonds. The Morgan fingerprint density at radius 1 is 1.69 bits per heavy atom. The molecule has 13 heavy (non-hydrogen) atoms. The predicted molar refractivity (Wildman–Crippen MR) is 46.3 cm³/mol. The quantitative estimate of drug-likeness (QED) is 0.752. The standard InChI is InChI=1S/C8H13N3O2/c1-6-5-11(10-9-6)8(2,3)4-7(12)13/h5H,4H2,1-3H3,(H,12,13). The number of carboxylic acids is 1. The summed E-state index contributed by atoms with van der Waals surface area (Å²) in [6, 6.07) is 0. The van der Waals surface area contributed by atoms with Crippen molar-refractivity contribution in [1.29, 1.82) is 0 Å². The lowest BCUT2D eigenvalue weighted by Crippen LogP contribution is -2.29. The van der Waals surface area contributed by atoms with Crippen LogP contribution in [0.15, 0.2) is 6.20 Å². The van der Waals surface area contributed by atoms with E-state index in [-0.39, 0.29) is 6.42 Å². The second-order valence-corrected chi connectivity index (χ2v) is 3.69. The van der Waals surface area contributed by atoms with Gasteiger partial charge in [-0.25, -0.2) is 4.68 Å². The molecule has 0 spiro atoms. The molecule has 0 saturated heterocycles. The minimum atomic E-state index is -0.835. The fourth-order valence-electron chi connectivity index (χ4n) is 1.09. The minimum absolute atomic E-state index is 0.0375. The fraction of sp³-hybridized carbons (Fsp3) is 0.625. The molecule has 0 aliphatic rings. The van der Waals surface area contributed by atoms with Crippen molar-refractivity contribution in [3.63, 3.8) is 0 Å². The average Bonchev–Trinajstić information content (AvgIpc) is 2.32. The number of aromatic nitrogens is 3. The minimum Gasteiger partial charge on any atom is -0.481 e. The van der Waals surface area contributed by atoms with Gasteiger partial charge in [0.25, 0.3) is 0 Å². The number of hydrogen-bond acceptors (Lipinski definition) is 3. The molecular formula is C8H13N3O2. The second kappa shape index (κ2) is 3.16. The highest BCUT2D eigenvalue weighted by atomic mass is 16.4. The lowest BCUT2D eigenvalue weighted by Gasteiger charge is -2.21. The summed E-state index contributed by atoms with van der Waals surface area (Å²) in [5.74, 6) is -0.835. The lowest BCUT2D eigenvalue weighted by molar-refractivity contribution is -0.139. The molecule has 0 radical (unpaired) electrons. The molecule has 5 nitrogen and oxygen atoms in total. The van der Waals surface area contributed by atoms with Crippen LogP contribution in [0.1, 0.15) is 26.0 Å². The molecule has 1 heterocycles. The van der Waals surface area contributed by atoms with Crippen LogP contribution in [0.5, 0.6) is 0 Å². The molecule has 0 aromatic carbocycles. The van der Waals surface area contributed by atoms with Gasteiger partial charge in [0.2, 0.25) is 0 Å². The third kappa shape index (κ3) is 2.27. The van der Waals surface area contributed by atoms with Crippen LogP contribution in [0.2, 0.25) is 0 Å². The van der Waals surface area contributed by atoms with Crippen molar-refractivity contribution in [1.82, 2.24) is 15.0 Å². The summed E-state index contributed by atoms with van der Waals surface area (Å²) < 4.78 is 1.58. The van der Waals surface area contributed by atoms with E-state index in [9.17, 15) is 4.79 Å². The Kier molecular flexibility index (Phi) is 2.36. The average molecular weight is 183 g/mol. The van der Waals surface area contributed by atoms with Crippen LogP contribution in [0.3, 0.4) is 0 Å². The molecule has 0 aliphatic carbocycles. The summed E-state index contributed by atoms with van der Waals surface area (Å²) in [5.41, 5.74) is 0.270. The molecular weight excluding hydrogens is 170 g/mol. The first kappa shape index (κ1) is 9.70. The molecule has 0 bridgehead atoms. The number of carbonyl (C=O) groups is 1. The molecule has 1 rings (SSSR count). The maximum Gasteiger partial charge on any atom is 0.305 e. The van der Waals surface area contributed by atoms with Gasteiger partial charge in [-0.3, -0.25) is 4.79 Å². The van der Waals surface area contributed by atoms with Crippen LogP contribution in [-0.2, 0) is 10.3 Å². The van der Waals surface area contributed by atoms with Gasteiger partial charge in [0.05, 0.1) is 17.7 Å². The maximum absolute atomic E-state index is 10.5. The highest BCUT2D eigenvalue weighted by Crippen LogP contribution is 2.18. The number of aliphatic carboxylic acids is 1. The zero-order chi connectivity index (χ0) is 10.1. The summed E-state index contributed by atoms with van der Waals surface area (Å²) in [4.78, 5) is 10.5. The third-order valence-electron chi connectivity index (χ3n) is 1.81. The topological polar surface area (TPSA) is 68.0 Å². The molecule has 0 unspecified atom stereocenters. The highest BCUT2D eigenvalue weighted by Gasteiger charge is 2.24. The van der Waals surface area contributed by atoms with Crippen LogP contribution in [0.4, 0.5) is 0 Å². The van der Waals surface area contributed by atoms with Crippen molar-refractivity contribution in [2.24, 2.45) is 0 Å². The molecule has 5 heteroatoms. The fourth-order valence-corrected chi connectivity index (χ4v) is 1.09. The monoisotopic (exact) mass is 183 g/mol. The molecule has 0 atom stereocenters. The lowest BCUT2D eigenvalue weighted by atomic mass is 10.0. The van der Waals surface area contributed by atoms with E-state index >= 15 is 0 Å². The van der Waals surface area contributed by atoms with Gasteiger partial charge in [-0.15, -0.1) is 5.10 Å². The zero-order valence-corrected chi connectivity index (χ0v) is 7.98. The summed E-state index contributed by atoms with van der Waals surface area (Å²) in [5, 5.41) is 16.3. The van der Waals surface area contributed by atoms with Crippen molar-refractivity contribution < 1.29 is 9.90 Å². The van der Waals surface area contributed by atoms with Gasteiger partial charge in [0, 0.05) is 6.20 Å². The third-order valence-corrected chi connectivity index (χ3v) is 1.81. The number of nitrogens with zero attached hydrogens (tertiary/aromatic N) is 3. The molecule has 0 aliphatic heterocycles. The van der Waals surface area contributed by atoms with Crippen LogP contribution in [-0.4, -0.2) is 26.1 Å². The summed E-state index contributed by atoms with van der Waals surface area (Å²) >= 11 is 0. The van der Waals surface area contributed by atoms with Crippen molar-refractivity contribution in [3.05, 3.63) is 11.9 Å². The van der Waals surface area contributed by atoms with E-state index in [4.69, 9.17) is 5.11 Å². The predicted octanol–water partition coefficient (Wildman–Crippen LogP) is 0.796. The van der Waals surface area contributed by atoms with E-state index in [0.717, 1.165) is 5.69 Å². The second-order valence-electron chi connectivity index (χ2n) is 3.69. The number of aryl methyl sites for hydroxylation is 1. The van der Waals surface area contributed by atoms with E-state index in [1.807, 2.05) is 20.8 Å². The normalized spacial score (nSPS) is 11.6. The van der Waals surface area contributed by atoms with Crippen LogP contribution in [0.25, 0.3) is 0 Å². The molecule has 1 aromatic rings. The first-order chi connectivity index (χ1) is 5.92. The van der Waals surface area contributed by atoms with Gasteiger partial charge < -0.3 is 5.11 Å². The number of carboxylic acid groups (broad SMARTS) is 1. The van der Waals surface area contributed by atoms with E-state index in [0.29, 0.717) is 0 Å². The molecule has 72 valence electrons. The first-order valence-electron chi connectivity index (χ1n) is 4.03. The molecule has 1 aromatic heterocycles. The smallest absolute Gasteiger partial charge is 0.305 e. The Bertz CT molecular complexity index is 317. The van der Waals surface area contributed by atoms with E-state index in [1.54, 1.807) is 10.9 Å². The Morgan fingerprint density at radius 3 is 2.69 bits per heavy atom. The van der Waals surface area contributed by atoms with Gasteiger partial charge in [0.15, 0.2) is 0 Å². The van der Waals surface area contributed by atoms with E-state index < -0.39 is 11.5 Å². The van der Waals surface area contributed by atoms with Gasteiger partial charge in [-0.05, 0) is 20.8 Å². The molecule has 0 fully saturated rings. The Balaban J connectivity index is 2.86. The largest absolute Gasteiger partial charge is 0.481 e. The Morgan fingerprint density at radius 2 is 2.31 bits per heavy atom. The van der Waals surface area contributed by atoms with E-state index in [1.165, 1.54) is 0 Å². The number of hydrogen-bond donors (Lipinski definition) is 1. The first-order valence-corrected chi connectivity index (χ1v) is 4.03. The van der Waals surface area contributed by atoms with Crippen molar-refractivity contribution in [3.8, 4) is 0 Å². The van der Waals surface area contributed by atoms with Gasteiger partial charge in [-0.2, -0.15) is 0 Å². The van der Waals surface area contributed by atoms with Crippen molar-refractivity contribution in [2.75, 3.05) is 0 Å². The summed E-state index contributed by atoms with van der Waals surface area (Å²) in [6.45, 7) is 5.45.